The summed E-state index contributed by atoms with van der Waals surface area (Å²) < 4.78 is 15.8. The highest BCUT2D eigenvalue weighted by atomic mass is 32.1. The van der Waals surface area contributed by atoms with Crippen LogP contribution in [0.2, 0.25) is 0 Å². The molecule has 0 aliphatic heterocycles. The van der Waals surface area contributed by atoms with Gasteiger partial charge in [-0.25, -0.2) is 0 Å². The van der Waals surface area contributed by atoms with Crippen molar-refractivity contribution in [1.82, 2.24) is 15.0 Å². The van der Waals surface area contributed by atoms with Gasteiger partial charge in [0.2, 0.25) is 17.6 Å². The van der Waals surface area contributed by atoms with Crippen LogP contribution in [0, 0.1) is 0 Å². The molecule has 0 radical (unpaired) electrons. The first-order chi connectivity index (χ1) is 13.1. The summed E-state index contributed by atoms with van der Waals surface area (Å²) in [5.41, 5.74) is 1.88. The fraction of sp³-hybridized carbons (Fsp3) is 0.316. The number of hydrogen-bond donors (Lipinski definition) is 0. The number of hydrogen-bond acceptors (Lipinski definition) is 7. The minimum absolute atomic E-state index is 0.0000632. The summed E-state index contributed by atoms with van der Waals surface area (Å²) in [6.45, 7) is 0.475. The molecule has 1 aromatic carbocycles. The zero-order valence-electron chi connectivity index (χ0n) is 15.5. The van der Waals surface area contributed by atoms with Crippen molar-refractivity contribution in [3.05, 3.63) is 46.5 Å². The third-order valence-electron chi connectivity index (χ3n) is 4.09. The Morgan fingerprint density at radius 3 is 2.74 bits per heavy atom. The molecule has 142 valence electrons. The molecule has 0 saturated carbocycles. The average molecular weight is 387 g/mol. The van der Waals surface area contributed by atoms with Crippen LogP contribution >= 0.6 is 11.3 Å². The number of ether oxygens (including phenoxy) is 2. The van der Waals surface area contributed by atoms with Gasteiger partial charge in [0, 0.05) is 37.4 Å². The molecular weight excluding hydrogens is 366 g/mol. The largest absolute Gasteiger partial charge is 0.493 e. The van der Waals surface area contributed by atoms with Crippen LogP contribution in [-0.4, -0.2) is 42.2 Å². The number of rotatable bonds is 8. The maximum Gasteiger partial charge on any atom is 0.227 e. The summed E-state index contributed by atoms with van der Waals surface area (Å²) in [4.78, 5) is 18.4. The molecule has 3 aromatic rings. The lowest BCUT2D eigenvalue weighted by atomic mass is 10.2. The Balaban J connectivity index is 1.55. The highest BCUT2D eigenvalue weighted by Gasteiger charge is 2.14. The number of aryl methyl sites for hydroxylation is 1. The topological polar surface area (TPSA) is 77.7 Å². The molecule has 0 aliphatic rings. The number of aromatic nitrogens is 2. The molecule has 0 aliphatic carbocycles. The molecule has 0 unspecified atom stereocenters. The van der Waals surface area contributed by atoms with Crippen LogP contribution in [0.5, 0.6) is 11.5 Å². The van der Waals surface area contributed by atoms with E-state index in [0.29, 0.717) is 42.6 Å². The maximum absolute atomic E-state index is 12.4. The van der Waals surface area contributed by atoms with Crippen LogP contribution in [0.1, 0.15) is 17.9 Å². The Kier molecular flexibility index (Phi) is 6.08. The molecule has 3 rings (SSSR count). The highest BCUT2D eigenvalue weighted by Crippen LogP contribution is 2.28. The molecule has 7 nitrogen and oxygen atoms in total. The number of amides is 1. The predicted molar refractivity (Wildman–Crippen MR) is 102 cm³/mol. The Labute approximate surface area is 161 Å². The lowest BCUT2D eigenvalue weighted by molar-refractivity contribution is -0.130. The van der Waals surface area contributed by atoms with Gasteiger partial charge in [-0.2, -0.15) is 16.3 Å². The predicted octanol–water partition coefficient (Wildman–Crippen LogP) is 3.41. The molecule has 0 bridgehead atoms. The van der Waals surface area contributed by atoms with Crippen molar-refractivity contribution in [1.29, 1.82) is 0 Å². The van der Waals surface area contributed by atoms with E-state index in [0.717, 1.165) is 11.1 Å². The minimum atomic E-state index is 0.0000632. The first-order valence-corrected chi connectivity index (χ1v) is 9.35. The standard InChI is InChI=1S/C19H21N3O4S/c1-22(11-13-4-5-15(24-2)16(10-13)25-3)18(23)7-6-17-20-19(21-26-17)14-8-9-27-12-14/h4-5,8-10,12H,6-7,11H2,1-3H3. The van der Waals surface area contributed by atoms with Gasteiger partial charge >= 0.3 is 0 Å². The second-order valence-electron chi connectivity index (χ2n) is 5.96. The Bertz CT molecular complexity index is 892. The van der Waals surface area contributed by atoms with E-state index in [9.17, 15) is 4.79 Å². The van der Waals surface area contributed by atoms with Crippen molar-refractivity contribution >= 4 is 17.2 Å². The molecular formula is C19H21N3O4S. The molecule has 0 N–H and O–H groups in total. The maximum atomic E-state index is 12.4. The number of carbonyl (C=O) groups is 1. The molecule has 0 spiro atoms. The van der Waals surface area contributed by atoms with Crippen LogP contribution < -0.4 is 9.47 Å². The third-order valence-corrected chi connectivity index (χ3v) is 4.78. The van der Waals surface area contributed by atoms with E-state index in [1.54, 1.807) is 37.5 Å². The number of carbonyl (C=O) groups excluding carboxylic acids is 1. The summed E-state index contributed by atoms with van der Waals surface area (Å²) in [6, 6.07) is 7.54. The van der Waals surface area contributed by atoms with Crippen molar-refractivity contribution in [2.45, 2.75) is 19.4 Å². The fourth-order valence-electron chi connectivity index (χ4n) is 2.61. The number of benzene rings is 1. The van der Waals surface area contributed by atoms with Gasteiger partial charge in [-0.3, -0.25) is 4.79 Å². The fourth-order valence-corrected chi connectivity index (χ4v) is 3.25. The van der Waals surface area contributed by atoms with Gasteiger partial charge in [0.05, 0.1) is 14.2 Å². The van der Waals surface area contributed by atoms with Crippen molar-refractivity contribution in [2.24, 2.45) is 0 Å². The van der Waals surface area contributed by atoms with Gasteiger partial charge in [-0.05, 0) is 29.1 Å². The van der Waals surface area contributed by atoms with Crippen LogP contribution in [0.4, 0.5) is 0 Å². The zero-order chi connectivity index (χ0) is 19.2. The van der Waals surface area contributed by atoms with Crippen molar-refractivity contribution in [2.75, 3.05) is 21.3 Å². The van der Waals surface area contributed by atoms with Crippen LogP contribution in [0.15, 0.2) is 39.5 Å². The quantitative estimate of drug-likeness (QED) is 0.589. The second kappa shape index (κ2) is 8.68. The number of thiophene rings is 1. The normalized spacial score (nSPS) is 10.6. The van der Waals surface area contributed by atoms with Gasteiger partial charge in [0.15, 0.2) is 11.5 Å². The smallest absolute Gasteiger partial charge is 0.227 e. The molecule has 0 fully saturated rings. The van der Waals surface area contributed by atoms with E-state index in [1.807, 2.05) is 35.0 Å². The van der Waals surface area contributed by atoms with Gasteiger partial charge < -0.3 is 18.9 Å². The first kappa shape index (κ1) is 18.9. The molecule has 1 amide bonds. The van der Waals surface area contributed by atoms with Gasteiger partial charge in [-0.1, -0.05) is 11.2 Å². The van der Waals surface area contributed by atoms with Gasteiger partial charge in [0.1, 0.15) is 0 Å². The van der Waals surface area contributed by atoms with Crippen LogP contribution in [0.25, 0.3) is 11.4 Å². The van der Waals surface area contributed by atoms with E-state index in [4.69, 9.17) is 14.0 Å². The van der Waals surface area contributed by atoms with Gasteiger partial charge in [-0.15, -0.1) is 0 Å². The molecule has 27 heavy (non-hydrogen) atoms. The first-order valence-electron chi connectivity index (χ1n) is 8.40. The second-order valence-corrected chi connectivity index (χ2v) is 6.74. The average Bonchev–Trinajstić information content (AvgIpc) is 3.37. The Morgan fingerprint density at radius 1 is 1.22 bits per heavy atom. The van der Waals surface area contributed by atoms with Crippen molar-refractivity contribution in [3.8, 4) is 22.9 Å². The molecule has 2 heterocycles. The van der Waals surface area contributed by atoms with Crippen molar-refractivity contribution in [3.63, 3.8) is 0 Å². The number of methoxy groups -OCH3 is 2. The SMILES string of the molecule is COc1ccc(CN(C)C(=O)CCc2nc(-c3ccsc3)no2)cc1OC. The Morgan fingerprint density at radius 2 is 2.04 bits per heavy atom. The minimum Gasteiger partial charge on any atom is -0.493 e. The van der Waals surface area contributed by atoms with Crippen LogP contribution in [-0.2, 0) is 17.8 Å². The molecule has 2 aromatic heterocycles. The summed E-state index contributed by atoms with van der Waals surface area (Å²) >= 11 is 1.57. The summed E-state index contributed by atoms with van der Waals surface area (Å²) in [7, 11) is 4.95. The van der Waals surface area contributed by atoms with Crippen molar-refractivity contribution < 1.29 is 18.8 Å². The summed E-state index contributed by atoms with van der Waals surface area (Å²) in [5, 5.41) is 7.87. The van der Waals surface area contributed by atoms with E-state index in [-0.39, 0.29) is 5.91 Å². The van der Waals surface area contributed by atoms with E-state index < -0.39 is 0 Å². The molecule has 0 saturated heterocycles. The third kappa shape index (κ3) is 4.65. The summed E-state index contributed by atoms with van der Waals surface area (Å²) in [5.74, 6) is 2.32. The van der Waals surface area contributed by atoms with Crippen LogP contribution in [0.3, 0.4) is 0 Å². The molecule has 0 atom stereocenters. The molecule has 8 heteroatoms. The zero-order valence-corrected chi connectivity index (χ0v) is 16.3. The van der Waals surface area contributed by atoms with E-state index in [1.165, 1.54) is 0 Å². The lowest BCUT2D eigenvalue weighted by Crippen LogP contribution is -2.26. The monoisotopic (exact) mass is 387 g/mol. The number of nitrogens with zero attached hydrogens (tertiary/aromatic N) is 3. The highest BCUT2D eigenvalue weighted by molar-refractivity contribution is 7.08. The lowest BCUT2D eigenvalue weighted by Gasteiger charge is -2.18. The summed E-state index contributed by atoms with van der Waals surface area (Å²) in [6.07, 6.45) is 0.710. The van der Waals surface area contributed by atoms with E-state index in [2.05, 4.69) is 10.1 Å². The Hall–Kier alpha value is -2.87. The van der Waals surface area contributed by atoms with E-state index >= 15 is 0 Å². The van der Waals surface area contributed by atoms with Gasteiger partial charge in [0.25, 0.3) is 0 Å².